The van der Waals surface area contributed by atoms with E-state index in [2.05, 4.69) is 19.9 Å². The van der Waals surface area contributed by atoms with Crippen molar-refractivity contribution < 1.29 is 4.74 Å². The highest BCUT2D eigenvalue weighted by Gasteiger charge is 2.11. The molecule has 0 unspecified atom stereocenters. The normalized spacial score (nSPS) is 10.6. The van der Waals surface area contributed by atoms with Crippen molar-refractivity contribution in [3.8, 4) is 16.9 Å². The minimum absolute atomic E-state index is 0.735. The molecule has 0 aliphatic rings. The fraction of sp³-hybridized carbons (Fsp3) is 0.0833. The van der Waals surface area contributed by atoms with Gasteiger partial charge in [0.05, 0.1) is 19.0 Å². The summed E-state index contributed by atoms with van der Waals surface area (Å²) in [5, 5.41) is 0. The predicted octanol–water partition coefficient (Wildman–Crippen LogP) is 2.03. The molecular weight excluding hydrogens is 216 g/mol. The quantitative estimate of drug-likeness (QED) is 0.726. The van der Waals surface area contributed by atoms with Gasteiger partial charge in [-0.2, -0.15) is 0 Å². The Hall–Kier alpha value is -2.43. The molecule has 17 heavy (non-hydrogen) atoms. The molecule has 5 nitrogen and oxygen atoms in total. The lowest BCUT2D eigenvalue weighted by molar-refractivity contribution is 0.420. The molecule has 1 aromatic carbocycles. The zero-order chi connectivity index (χ0) is 11.7. The fourth-order valence-electron chi connectivity index (χ4n) is 1.85. The van der Waals surface area contributed by atoms with Crippen LogP contribution < -0.4 is 4.74 Å². The van der Waals surface area contributed by atoms with Crippen molar-refractivity contribution in [2.24, 2.45) is 0 Å². The summed E-state index contributed by atoms with van der Waals surface area (Å²) < 4.78 is 5.43. The number of aromatic nitrogens is 4. The van der Waals surface area contributed by atoms with Crippen molar-refractivity contribution in [3.05, 3.63) is 37.2 Å². The number of aromatic amines is 1. The van der Waals surface area contributed by atoms with Crippen molar-refractivity contribution in [2.75, 3.05) is 7.11 Å². The van der Waals surface area contributed by atoms with E-state index in [0.29, 0.717) is 0 Å². The van der Waals surface area contributed by atoms with Crippen molar-refractivity contribution in [1.29, 1.82) is 0 Å². The van der Waals surface area contributed by atoms with Crippen molar-refractivity contribution in [1.82, 2.24) is 19.9 Å². The molecular formula is C12H10N4O. The molecule has 1 N–H and O–H groups in total. The van der Waals surface area contributed by atoms with Crippen LogP contribution in [0.4, 0.5) is 0 Å². The summed E-state index contributed by atoms with van der Waals surface area (Å²) in [5.41, 5.74) is 3.61. The van der Waals surface area contributed by atoms with Crippen LogP contribution in [-0.2, 0) is 0 Å². The third-order valence-electron chi connectivity index (χ3n) is 2.62. The number of ether oxygens (including phenoxy) is 1. The molecule has 3 rings (SSSR count). The van der Waals surface area contributed by atoms with E-state index in [9.17, 15) is 0 Å². The third kappa shape index (κ3) is 1.52. The summed E-state index contributed by atoms with van der Waals surface area (Å²) in [5.74, 6) is 0.735. The van der Waals surface area contributed by atoms with E-state index in [-0.39, 0.29) is 0 Å². The number of H-pyrrole nitrogens is 1. The maximum atomic E-state index is 5.43. The van der Waals surface area contributed by atoms with Crippen LogP contribution in [-0.4, -0.2) is 27.0 Å². The Morgan fingerprint density at radius 1 is 1.18 bits per heavy atom. The average molecular weight is 226 g/mol. The topological polar surface area (TPSA) is 63.7 Å². The van der Waals surface area contributed by atoms with Gasteiger partial charge in [-0.3, -0.25) is 0 Å². The number of methoxy groups -OCH3 is 1. The number of hydrogen-bond acceptors (Lipinski definition) is 4. The zero-order valence-electron chi connectivity index (χ0n) is 9.21. The maximum absolute atomic E-state index is 5.43. The lowest BCUT2D eigenvalue weighted by Crippen LogP contribution is -1.90. The van der Waals surface area contributed by atoms with E-state index >= 15 is 0 Å². The predicted molar refractivity (Wildman–Crippen MR) is 63.7 cm³/mol. The molecule has 0 radical (unpaired) electrons. The van der Waals surface area contributed by atoms with Gasteiger partial charge < -0.3 is 9.72 Å². The highest BCUT2D eigenvalue weighted by Crippen LogP contribution is 2.34. The summed E-state index contributed by atoms with van der Waals surface area (Å²) in [6.07, 6.45) is 6.66. The van der Waals surface area contributed by atoms with Crippen LogP contribution in [0.3, 0.4) is 0 Å². The van der Waals surface area contributed by atoms with E-state index in [4.69, 9.17) is 4.74 Å². The lowest BCUT2D eigenvalue weighted by Gasteiger charge is -2.08. The Morgan fingerprint density at radius 3 is 2.76 bits per heavy atom. The summed E-state index contributed by atoms with van der Waals surface area (Å²) >= 11 is 0. The second-order valence-electron chi connectivity index (χ2n) is 3.57. The van der Waals surface area contributed by atoms with Crippen LogP contribution >= 0.6 is 0 Å². The van der Waals surface area contributed by atoms with Gasteiger partial charge >= 0.3 is 0 Å². The summed E-state index contributed by atoms with van der Waals surface area (Å²) in [7, 11) is 1.64. The van der Waals surface area contributed by atoms with E-state index in [1.54, 1.807) is 25.8 Å². The van der Waals surface area contributed by atoms with Crippen LogP contribution in [0.5, 0.6) is 5.75 Å². The van der Waals surface area contributed by atoms with Gasteiger partial charge in [0.1, 0.15) is 11.8 Å². The van der Waals surface area contributed by atoms with Crippen LogP contribution in [0, 0.1) is 0 Å². The summed E-state index contributed by atoms with van der Waals surface area (Å²) in [6.45, 7) is 0. The molecule has 3 aromatic rings. The van der Waals surface area contributed by atoms with Gasteiger partial charge in [0.15, 0.2) is 5.75 Å². The molecule has 5 heteroatoms. The number of imidazole rings is 1. The fourth-order valence-corrected chi connectivity index (χ4v) is 1.85. The van der Waals surface area contributed by atoms with Gasteiger partial charge in [-0.1, -0.05) is 0 Å². The number of nitrogens with one attached hydrogen (secondary N) is 1. The average Bonchev–Trinajstić information content (AvgIpc) is 2.86. The molecule has 2 heterocycles. The first-order chi connectivity index (χ1) is 8.40. The van der Waals surface area contributed by atoms with E-state index < -0.39 is 0 Å². The number of rotatable bonds is 2. The van der Waals surface area contributed by atoms with E-state index in [1.807, 2.05) is 12.1 Å². The Bertz CT molecular complexity index is 648. The monoisotopic (exact) mass is 226 g/mol. The second-order valence-corrected chi connectivity index (χ2v) is 3.57. The van der Waals surface area contributed by atoms with Crippen LogP contribution in [0.2, 0.25) is 0 Å². The molecule has 0 saturated carbocycles. The highest BCUT2D eigenvalue weighted by molar-refractivity contribution is 5.90. The smallest absolute Gasteiger partial charge is 0.154 e. The van der Waals surface area contributed by atoms with Gasteiger partial charge in [-0.05, 0) is 12.1 Å². The first kappa shape index (κ1) is 9.77. The Labute approximate surface area is 97.5 Å². The minimum atomic E-state index is 0.735. The van der Waals surface area contributed by atoms with Crippen LogP contribution in [0.1, 0.15) is 0 Å². The molecule has 0 bridgehead atoms. The van der Waals surface area contributed by atoms with Gasteiger partial charge in [-0.25, -0.2) is 15.0 Å². The SMILES string of the molecule is COc1c(-c2cncnc2)ccc2[nH]cnc12. The van der Waals surface area contributed by atoms with Crippen LogP contribution in [0.15, 0.2) is 37.2 Å². The number of benzene rings is 1. The Morgan fingerprint density at radius 2 is 2.00 bits per heavy atom. The third-order valence-corrected chi connectivity index (χ3v) is 2.62. The minimum Gasteiger partial charge on any atom is -0.494 e. The number of hydrogen-bond donors (Lipinski definition) is 1. The van der Waals surface area contributed by atoms with E-state index in [0.717, 1.165) is 27.9 Å². The molecule has 0 spiro atoms. The molecule has 0 amide bonds. The molecule has 2 aromatic heterocycles. The van der Waals surface area contributed by atoms with Gasteiger partial charge in [0, 0.05) is 23.5 Å². The molecule has 84 valence electrons. The van der Waals surface area contributed by atoms with Gasteiger partial charge in [0.2, 0.25) is 0 Å². The summed E-state index contributed by atoms with van der Waals surface area (Å²) in [6, 6.07) is 3.94. The largest absolute Gasteiger partial charge is 0.494 e. The summed E-state index contributed by atoms with van der Waals surface area (Å²) in [4.78, 5) is 15.3. The van der Waals surface area contributed by atoms with Crippen LogP contribution in [0.25, 0.3) is 22.2 Å². The van der Waals surface area contributed by atoms with Crippen molar-refractivity contribution in [3.63, 3.8) is 0 Å². The lowest BCUT2D eigenvalue weighted by atomic mass is 10.1. The van der Waals surface area contributed by atoms with Crippen molar-refractivity contribution in [2.45, 2.75) is 0 Å². The number of fused-ring (bicyclic) bond motifs is 1. The van der Waals surface area contributed by atoms with E-state index in [1.165, 1.54) is 6.33 Å². The maximum Gasteiger partial charge on any atom is 0.154 e. The van der Waals surface area contributed by atoms with Gasteiger partial charge in [0.25, 0.3) is 0 Å². The first-order valence-corrected chi connectivity index (χ1v) is 5.15. The highest BCUT2D eigenvalue weighted by atomic mass is 16.5. The molecule has 0 aliphatic carbocycles. The first-order valence-electron chi connectivity index (χ1n) is 5.15. The molecule has 0 fully saturated rings. The number of nitrogens with zero attached hydrogens (tertiary/aromatic N) is 3. The Kier molecular flexibility index (Phi) is 2.22. The molecule has 0 saturated heterocycles. The van der Waals surface area contributed by atoms with Crippen molar-refractivity contribution >= 4 is 11.0 Å². The van der Waals surface area contributed by atoms with Gasteiger partial charge in [-0.15, -0.1) is 0 Å². The standard InChI is InChI=1S/C12H10N4O/c1-17-12-9(8-4-13-6-14-5-8)2-3-10-11(12)16-7-15-10/h2-7H,1H3,(H,15,16). The molecule has 0 aliphatic heterocycles. The Balaban J connectivity index is 2.29. The second kappa shape index (κ2) is 3.86. The zero-order valence-corrected chi connectivity index (χ0v) is 9.21. The molecule has 0 atom stereocenters.